The molecule has 0 fully saturated rings. The van der Waals surface area contributed by atoms with Crippen LogP contribution in [0.2, 0.25) is 0 Å². The van der Waals surface area contributed by atoms with Crippen LogP contribution in [0.4, 0.5) is 11.4 Å². The summed E-state index contributed by atoms with van der Waals surface area (Å²) in [6.45, 7) is 11.0. The molecule has 0 saturated carbocycles. The number of hydrogen-bond donors (Lipinski definition) is 2. The number of nitrogens with zero attached hydrogens (tertiary/aromatic N) is 1. The monoisotopic (exact) mass is 358 g/mol. The Bertz CT molecular complexity index is 806. The Morgan fingerprint density at radius 1 is 1.12 bits per heavy atom. The zero-order chi connectivity index (χ0) is 19.7. The third-order valence-corrected chi connectivity index (χ3v) is 4.14. The molecule has 0 radical (unpaired) electrons. The fourth-order valence-corrected chi connectivity index (χ4v) is 3.33. The number of nitrogen functional groups attached to an aromatic ring is 1. The summed E-state index contributed by atoms with van der Waals surface area (Å²) >= 11 is 0. The summed E-state index contributed by atoms with van der Waals surface area (Å²) in [4.78, 5) is 10.6. The van der Waals surface area contributed by atoms with E-state index in [0.717, 1.165) is 12.5 Å². The van der Waals surface area contributed by atoms with Crippen LogP contribution < -0.4 is 10.5 Å². The standard InChI is InChI=1S/C20H26N2O4/c1-19(2,3)12-20(4,5)13-6-8-14(9-7-13)26-18-10-15(21)17(23)11-16(18)22(24)25/h6-11,23H,12,21H2,1-5H3. The number of aromatic hydroxyl groups is 1. The van der Waals surface area contributed by atoms with Crippen LogP contribution in [0.25, 0.3) is 0 Å². The van der Waals surface area contributed by atoms with Crippen molar-refractivity contribution in [2.75, 3.05) is 5.73 Å². The molecule has 6 nitrogen and oxygen atoms in total. The first-order chi connectivity index (χ1) is 11.9. The van der Waals surface area contributed by atoms with E-state index < -0.39 is 4.92 Å². The maximum Gasteiger partial charge on any atom is 0.315 e. The van der Waals surface area contributed by atoms with Crippen molar-refractivity contribution in [1.29, 1.82) is 0 Å². The molecule has 140 valence electrons. The second kappa shape index (κ2) is 6.86. The van der Waals surface area contributed by atoms with Gasteiger partial charge in [-0.3, -0.25) is 10.1 Å². The minimum absolute atomic E-state index is 0.00741. The number of nitro benzene ring substituents is 1. The number of phenols is 1. The van der Waals surface area contributed by atoms with Gasteiger partial charge in [-0.15, -0.1) is 0 Å². The number of phenolic OH excluding ortho intramolecular Hbond substituents is 1. The highest BCUT2D eigenvalue weighted by atomic mass is 16.6. The first kappa shape index (κ1) is 19.6. The van der Waals surface area contributed by atoms with Crippen molar-refractivity contribution in [2.45, 2.75) is 46.5 Å². The van der Waals surface area contributed by atoms with Crippen molar-refractivity contribution in [3.8, 4) is 17.2 Å². The minimum atomic E-state index is -0.616. The van der Waals surface area contributed by atoms with Crippen LogP contribution in [0, 0.1) is 15.5 Å². The summed E-state index contributed by atoms with van der Waals surface area (Å²) in [7, 11) is 0. The van der Waals surface area contributed by atoms with E-state index >= 15 is 0 Å². The van der Waals surface area contributed by atoms with Gasteiger partial charge in [0, 0.05) is 6.07 Å². The molecule has 0 unspecified atom stereocenters. The zero-order valence-corrected chi connectivity index (χ0v) is 15.9. The second-order valence-electron chi connectivity index (χ2n) is 8.38. The molecule has 26 heavy (non-hydrogen) atoms. The van der Waals surface area contributed by atoms with E-state index in [1.807, 2.05) is 12.1 Å². The van der Waals surface area contributed by atoms with Crippen molar-refractivity contribution >= 4 is 11.4 Å². The lowest BCUT2D eigenvalue weighted by molar-refractivity contribution is -0.385. The van der Waals surface area contributed by atoms with Gasteiger partial charge < -0.3 is 15.6 Å². The van der Waals surface area contributed by atoms with Gasteiger partial charge in [0.05, 0.1) is 16.7 Å². The molecule has 0 spiro atoms. The molecule has 0 saturated heterocycles. The molecule has 0 aliphatic heterocycles. The van der Waals surface area contributed by atoms with Gasteiger partial charge in [-0.05, 0) is 34.9 Å². The van der Waals surface area contributed by atoms with Gasteiger partial charge in [0.2, 0.25) is 5.75 Å². The highest BCUT2D eigenvalue weighted by Gasteiger charge is 2.27. The maximum atomic E-state index is 11.2. The Balaban J connectivity index is 2.28. The molecule has 0 amide bonds. The van der Waals surface area contributed by atoms with Crippen molar-refractivity contribution in [3.05, 3.63) is 52.1 Å². The number of rotatable bonds is 5. The lowest BCUT2D eigenvalue weighted by atomic mass is 9.72. The molecule has 6 heteroatoms. The molecule has 3 N–H and O–H groups in total. The van der Waals surface area contributed by atoms with E-state index in [1.54, 1.807) is 12.1 Å². The molecule has 0 aliphatic rings. The van der Waals surface area contributed by atoms with Crippen LogP contribution >= 0.6 is 0 Å². The molecule has 0 bridgehead atoms. The lowest BCUT2D eigenvalue weighted by Crippen LogP contribution is -2.24. The molecular weight excluding hydrogens is 332 g/mol. The average molecular weight is 358 g/mol. The summed E-state index contributed by atoms with van der Waals surface area (Å²) in [5, 5.41) is 20.7. The lowest BCUT2D eigenvalue weighted by Gasteiger charge is -2.33. The van der Waals surface area contributed by atoms with Crippen molar-refractivity contribution in [3.63, 3.8) is 0 Å². The normalized spacial score (nSPS) is 12.0. The molecule has 0 aliphatic carbocycles. The predicted octanol–water partition coefficient (Wildman–Crippen LogP) is 5.39. The SMILES string of the molecule is CC(C)(C)CC(C)(C)c1ccc(Oc2cc(N)c(O)cc2[N+](=O)[O-])cc1. The van der Waals surface area contributed by atoms with E-state index in [2.05, 4.69) is 34.6 Å². The number of anilines is 1. The summed E-state index contributed by atoms with van der Waals surface area (Å²) < 4.78 is 5.64. The number of nitrogens with two attached hydrogens (primary N) is 1. The molecule has 2 rings (SSSR count). The first-order valence-electron chi connectivity index (χ1n) is 8.44. The largest absolute Gasteiger partial charge is 0.506 e. The minimum Gasteiger partial charge on any atom is -0.506 e. The number of benzene rings is 2. The van der Waals surface area contributed by atoms with Gasteiger partial charge >= 0.3 is 5.69 Å². The summed E-state index contributed by atoms with van der Waals surface area (Å²) in [6.07, 6.45) is 1.01. The molecule has 2 aromatic rings. The molecule has 0 heterocycles. The molecule has 2 aromatic carbocycles. The van der Waals surface area contributed by atoms with Crippen LogP contribution in [0.5, 0.6) is 17.2 Å². The Kier molecular flexibility index (Phi) is 5.16. The fourth-order valence-electron chi connectivity index (χ4n) is 3.33. The van der Waals surface area contributed by atoms with Crippen molar-refractivity contribution in [2.24, 2.45) is 5.41 Å². The second-order valence-corrected chi connectivity index (χ2v) is 8.38. The van der Waals surface area contributed by atoms with Gasteiger partial charge in [-0.2, -0.15) is 0 Å². The van der Waals surface area contributed by atoms with Crippen LogP contribution in [0.3, 0.4) is 0 Å². The highest BCUT2D eigenvalue weighted by molar-refractivity contribution is 5.64. The van der Waals surface area contributed by atoms with Gasteiger partial charge in [-0.25, -0.2) is 0 Å². The summed E-state index contributed by atoms with van der Waals surface area (Å²) in [5.74, 6) is 0.115. The van der Waals surface area contributed by atoms with E-state index in [0.29, 0.717) is 5.75 Å². The topological polar surface area (TPSA) is 98.6 Å². The van der Waals surface area contributed by atoms with E-state index in [4.69, 9.17) is 10.5 Å². The Labute approximate surface area is 153 Å². The van der Waals surface area contributed by atoms with Crippen molar-refractivity contribution in [1.82, 2.24) is 0 Å². The number of hydrogen-bond acceptors (Lipinski definition) is 5. The third kappa shape index (κ3) is 4.65. The Hall–Kier alpha value is -2.76. The van der Waals surface area contributed by atoms with Crippen LogP contribution in [-0.2, 0) is 5.41 Å². The van der Waals surface area contributed by atoms with Crippen LogP contribution in [0.15, 0.2) is 36.4 Å². The summed E-state index contributed by atoms with van der Waals surface area (Å²) in [6, 6.07) is 9.75. The van der Waals surface area contributed by atoms with Gasteiger partial charge in [0.1, 0.15) is 11.5 Å². The molecule has 0 atom stereocenters. The third-order valence-electron chi connectivity index (χ3n) is 4.14. The smallest absolute Gasteiger partial charge is 0.315 e. The Morgan fingerprint density at radius 3 is 2.19 bits per heavy atom. The average Bonchev–Trinajstić information content (AvgIpc) is 2.48. The summed E-state index contributed by atoms with van der Waals surface area (Å²) in [5.41, 5.74) is 6.67. The predicted molar refractivity (Wildman–Crippen MR) is 103 cm³/mol. The molecule has 0 aromatic heterocycles. The quantitative estimate of drug-likeness (QED) is 0.323. The zero-order valence-electron chi connectivity index (χ0n) is 15.9. The van der Waals surface area contributed by atoms with E-state index in [-0.39, 0.29) is 33.7 Å². The van der Waals surface area contributed by atoms with Gasteiger partial charge in [0.15, 0.2) is 0 Å². The van der Waals surface area contributed by atoms with Crippen LogP contribution in [-0.4, -0.2) is 10.0 Å². The number of nitro groups is 1. The van der Waals surface area contributed by atoms with Crippen molar-refractivity contribution < 1.29 is 14.8 Å². The first-order valence-corrected chi connectivity index (χ1v) is 8.44. The maximum absolute atomic E-state index is 11.2. The number of ether oxygens (including phenoxy) is 1. The van der Waals surface area contributed by atoms with E-state index in [9.17, 15) is 15.2 Å². The Morgan fingerprint density at radius 2 is 1.69 bits per heavy atom. The van der Waals surface area contributed by atoms with Gasteiger partial charge in [0.25, 0.3) is 0 Å². The molecular formula is C20H26N2O4. The van der Waals surface area contributed by atoms with E-state index in [1.165, 1.54) is 11.6 Å². The fraction of sp³-hybridized carbons (Fsp3) is 0.400. The highest BCUT2D eigenvalue weighted by Crippen LogP contribution is 2.39. The van der Waals surface area contributed by atoms with Gasteiger partial charge in [-0.1, -0.05) is 46.8 Å². The van der Waals surface area contributed by atoms with Crippen LogP contribution in [0.1, 0.15) is 46.6 Å².